The minimum Gasteiger partial charge on any atom is -0.355 e. The highest BCUT2D eigenvalue weighted by atomic mass is 32.2. The van der Waals surface area contributed by atoms with Crippen LogP contribution < -0.4 is 10.6 Å². The minimum atomic E-state index is -0.818. The smallest absolute Gasteiger partial charge is 0.191 e. The van der Waals surface area contributed by atoms with Gasteiger partial charge < -0.3 is 10.6 Å². The van der Waals surface area contributed by atoms with Crippen molar-refractivity contribution in [3.63, 3.8) is 0 Å². The van der Waals surface area contributed by atoms with Crippen molar-refractivity contribution in [2.75, 3.05) is 19.3 Å². The maximum absolute atomic E-state index is 12.0. The van der Waals surface area contributed by atoms with E-state index in [1.54, 1.807) is 7.05 Å². The molecule has 130 valence electrons. The molecule has 0 aliphatic heterocycles. The van der Waals surface area contributed by atoms with Crippen LogP contribution in [0.25, 0.3) is 0 Å². The van der Waals surface area contributed by atoms with Crippen molar-refractivity contribution in [3.8, 4) is 0 Å². The molecule has 22 heavy (non-hydrogen) atoms. The number of hydrogen-bond acceptors (Lipinski definition) is 2. The third kappa shape index (κ3) is 6.67. The predicted octanol–water partition coefficient (Wildman–Crippen LogP) is 2.91. The zero-order chi connectivity index (χ0) is 16.8. The largest absolute Gasteiger partial charge is 0.355 e. The lowest BCUT2D eigenvalue weighted by Crippen LogP contribution is -2.46. The van der Waals surface area contributed by atoms with Crippen LogP contribution in [-0.4, -0.2) is 40.3 Å². The molecule has 1 unspecified atom stereocenters. The quantitative estimate of drug-likeness (QED) is 0.602. The number of nitrogens with one attached hydrogen (secondary N) is 2. The van der Waals surface area contributed by atoms with Gasteiger partial charge in [-0.1, -0.05) is 13.8 Å². The fourth-order valence-electron chi connectivity index (χ4n) is 2.89. The molecule has 5 heteroatoms. The van der Waals surface area contributed by atoms with Crippen LogP contribution in [0.3, 0.4) is 0 Å². The number of hydrogen-bond donors (Lipinski definition) is 2. The van der Waals surface area contributed by atoms with Gasteiger partial charge in [-0.3, -0.25) is 9.20 Å². The second-order valence-corrected chi connectivity index (χ2v) is 9.99. The van der Waals surface area contributed by atoms with Crippen molar-refractivity contribution in [2.45, 2.75) is 71.1 Å². The van der Waals surface area contributed by atoms with E-state index >= 15 is 0 Å². The number of aliphatic imine (C=N–C) groups is 1. The van der Waals surface area contributed by atoms with Gasteiger partial charge in [-0.05, 0) is 58.3 Å². The molecule has 2 N–H and O–H groups in total. The Bertz CT molecular complexity index is 380. The highest BCUT2D eigenvalue weighted by Gasteiger charge is 2.24. The van der Waals surface area contributed by atoms with Gasteiger partial charge in [0.15, 0.2) is 5.96 Å². The Morgan fingerprint density at radius 3 is 2.27 bits per heavy atom. The Kier molecular flexibility index (Phi) is 7.87. The molecule has 0 heterocycles. The molecule has 0 aromatic carbocycles. The topological polar surface area (TPSA) is 53.5 Å². The van der Waals surface area contributed by atoms with Crippen molar-refractivity contribution in [1.82, 2.24) is 10.6 Å². The van der Waals surface area contributed by atoms with E-state index in [2.05, 4.69) is 29.5 Å². The van der Waals surface area contributed by atoms with Crippen LogP contribution in [-0.2, 0) is 10.8 Å². The molecule has 0 spiro atoms. The summed E-state index contributed by atoms with van der Waals surface area (Å²) in [4.78, 5) is 4.29. The van der Waals surface area contributed by atoms with Crippen molar-refractivity contribution >= 4 is 16.8 Å². The van der Waals surface area contributed by atoms with E-state index in [4.69, 9.17) is 0 Å². The lowest BCUT2D eigenvalue weighted by Gasteiger charge is -2.32. The van der Waals surface area contributed by atoms with Crippen LogP contribution >= 0.6 is 0 Å². The molecular weight excluding hydrogens is 294 g/mol. The zero-order valence-electron chi connectivity index (χ0n) is 15.2. The van der Waals surface area contributed by atoms with E-state index < -0.39 is 10.8 Å². The third-order valence-electron chi connectivity index (χ3n) is 4.54. The summed E-state index contributed by atoms with van der Waals surface area (Å²) in [6, 6.07) is 0.523. The first-order valence-corrected chi connectivity index (χ1v) is 9.91. The molecule has 1 atom stereocenters. The van der Waals surface area contributed by atoms with Crippen LogP contribution in [0.15, 0.2) is 4.99 Å². The summed E-state index contributed by atoms with van der Waals surface area (Å²) in [7, 11) is 0.984. The van der Waals surface area contributed by atoms with Crippen LogP contribution in [0.1, 0.15) is 60.3 Å². The lowest BCUT2D eigenvalue weighted by molar-refractivity contribution is 0.250. The summed E-state index contributed by atoms with van der Waals surface area (Å²) in [6.07, 6.45) is 5.05. The highest BCUT2D eigenvalue weighted by Crippen LogP contribution is 2.29. The second-order valence-electron chi connectivity index (χ2n) is 7.66. The summed E-state index contributed by atoms with van der Waals surface area (Å²) in [5, 5.41) is 6.82. The normalized spacial score (nSPS) is 25.1. The van der Waals surface area contributed by atoms with Crippen LogP contribution in [0, 0.1) is 11.8 Å². The second kappa shape index (κ2) is 8.90. The average Bonchev–Trinajstić information content (AvgIpc) is 2.45. The van der Waals surface area contributed by atoms with Crippen molar-refractivity contribution < 1.29 is 4.21 Å². The average molecular weight is 330 g/mol. The number of guanidine groups is 1. The molecule has 1 aliphatic carbocycles. The van der Waals surface area contributed by atoms with Gasteiger partial charge >= 0.3 is 0 Å². The van der Waals surface area contributed by atoms with Gasteiger partial charge in [-0.2, -0.15) is 0 Å². The maximum Gasteiger partial charge on any atom is 0.191 e. The molecule has 0 radical (unpaired) electrons. The fraction of sp³-hybridized carbons (Fsp3) is 0.941. The van der Waals surface area contributed by atoms with E-state index in [9.17, 15) is 4.21 Å². The first-order chi connectivity index (χ1) is 10.2. The number of rotatable bonds is 5. The van der Waals surface area contributed by atoms with E-state index in [1.807, 2.05) is 20.8 Å². The van der Waals surface area contributed by atoms with Crippen molar-refractivity contribution in [1.29, 1.82) is 0 Å². The summed E-state index contributed by atoms with van der Waals surface area (Å²) >= 11 is 0. The molecule has 0 bridgehead atoms. The van der Waals surface area contributed by atoms with E-state index in [0.717, 1.165) is 17.8 Å². The summed E-state index contributed by atoms with van der Waals surface area (Å²) < 4.78 is 11.9. The van der Waals surface area contributed by atoms with Gasteiger partial charge in [0.25, 0.3) is 0 Å². The Morgan fingerprint density at radius 2 is 1.82 bits per heavy atom. The predicted molar refractivity (Wildman–Crippen MR) is 97.8 cm³/mol. The molecule has 4 nitrogen and oxygen atoms in total. The molecule has 0 aromatic heterocycles. The number of nitrogens with zero attached hydrogens (tertiary/aromatic N) is 1. The monoisotopic (exact) mass is 329 g/mol. The van der Waals surface area contributed by atoms with Crippen molar-refractivity contribution in [2.24, 2.45) is 16.8 Å². The third-order valence-corrected chi connectivity index (χ3v) is 6.48. The molecule has 1 aliphatic rings. The Hall–Kier alpha value is -0.580. The maximum atomic E-state index is 12.0. The van der Waals surface area contributed by atoms with E-state index in [-0.39, 0.29) is 4.75 Å². The highest BCUT2D eigenvalue weighted by molar-refractivity contribution is 7.86. The first kappa shape index (κ1) is 19.5. The van der Waals surface area contributed by atoms with Crippen molar-refractivity contribution in [3.05, 3.63) is 0 Å². The molecule has 0 saturated heterocycles. The van der Waals surface area contributed by atoms with Gasteiger partial charge in [0.1, 0.15) is 0 Å². The zero-order valence-corrected chi connectivity index (χ0v) is 16.1. The van der Waals surface area contributed by atoms with Crippen LogP contribution in [0.5, 0.6) is 0 Å². The van der Waals surface area contributed by atoms with Gasteiger partial charge in [0.05, 0.1) is 0 Å². The lowest BCUT2D eigenvalue weighted by atomic mass is 9.80. The summed E-state index contributed by atoms with van der Waals surface area (Å²) in [6.45, 7) is 11.4. The Morgan fingerprint density at radius 1 is 1.23 bits per heavy atom. The first-order valence-electron chi connectivity index (χ1n) is 8.59. The molecule has 1 saturated carbocycles. The van der Waals surface area contributed by atoms with Gasteiger partial charge in [0, 0.05) is 40.9 Å². The van der Waals surface area contributed by atoms with Crippen LogP contribution in [0.2, 0.25) is 0 Å². The summed E-state index contributed by atoms with van der Waals surface area (Å²) in [5.74, 6) is 3.18. The van der Waals surface area contributed by atoms with Crippen LogP contribution in [0.4, 0.5) is 0 Å². The summed E-state index contributed by atoms with van der Waals surface area (Å²) in [5.41, 5.74) is 0. The molecule has 0 amide bonds. The van der Waals surface area contributed by atoms with Gasteiger partial charge in [-0.15, -0.1) is 0 Å². The Labute approximate surface area is 139 Å². The molecule has 1 fully saturated rings. The van der Waals surface area contributed by atoms with E-state index in [0.29, 0.717) is 18.3 Å². The molecule has 0 aromatic rings. The van der Waals surface area contributed by atoms with Gasteiger partial charge in [0.2, 0.25) is 0 Å². The molecule has 1 rings (SSSR count). The fourth-order valence-corrected chi connectivity index (χ4v) is 3.79. The SMILES string of the molecule is CN=C(NCCS(=O)C(C)(C)C)NC1CCC(C(C)C)CC1. The Balaban J connectivity index is 2.31. The standard InChI is InChI=1S/C17H35N3OS/c1-13(2)14-7-9-15(10-8-14)20-16(18-6)19-11-12-22(21)17(3,4)5/h13-15H,7-12H2,1-6H3,(H2,18,19,20). The molecular formula is C17H35N3OS. The van der Waals surface area contributed by atoms with Gasteiger partial charge in [-0.25, -0.2) is 0 Å². The van der Waals surface area contributed by atoms with E-state index in [1.165, 1.54) is 25.7 Å². The minimum absolute atomic E-state index is 0.145.